The van der Waals surface area contributed by atoms with Crippen LogP contribution in [0.5, 0.6) is 0 Å². The van der Waals surface area contributed by atoms with E-state index in [4.69, 9.17) is 17.0 Å². The zero-order valence-electron chi connectivity index (χ0n) is 16.6. The van der Waals surface area contributed by atoms with E-state index in [1.165, 1.54) is 6.07 Å². The maximum atomic E-state index is 13.0. The number of hydrogen-bond acceptors (Lipinski definition) is 4. The lowest BCUT2D eigenvalue weighted by atomic mass is 10.2. The molecule has 0 saturated carbocycles. The summed E-state index contributed by atoms with van der Waals surface area (Å²) in [6.45, 7) is 5.48. The van der Waals surface area contributed by atoms with Gasteiger partial charge in [-0.15, -0.1) is 0 Å². The molecule has 1 fully saturated rings. The van der Waals surface area contributed by atoms with E-state index >= 15 is 0 Å². The zero-order valence-corrected chi connectivity index (χ0v) is 17.4. The predicted octanol–water partition coefficient (Wildman–Crippen LogP) is 4.02. The van der Waals surface area contributed by atoms with Crippen molar-refractivity contribution >= 4 is 23.0 Å². The maximum Gasteiger partial charge on any atom is 0.416 e. The first-order chi connectivity index (χ1) is 14.4. The van der Waals surface area contributed by atoms with Crippen LogP contribution >= 0.6 is 12.2 Å². The summed E-state index contributed by atoms with van der Waals surface area (Å²) in [6.07, 6.45) is -0.0846. The summed E-state index contributed by atoms with van der Waals surface area (Å²) in [4.78, 5) is 8.35. The zero-order chi connectivity index (χ0) is 21.4. The summed E-state index contributed by atoms with van der Waals surface area (Å²) in [5.41, 5.74) is 0.649. The van der Waals surface area contributed by atoms with Gasteiger partial charge in [0.15, 0.2) is 5.11 Å². The van der Waals surface area contributed by atoms with E-state index in [0.29, 0.717) is 23.9 Å². The summed E-state index contributed by atoms with van der Waals surface area (Å²) in [5, 5.41) is 3.37. The minimum Gasteiger partial charge on any atom is -0.379 e. The molecule has 0 amide bonds. The number of rotatable bonds is 7. The Bertz CT molecular complexity index is 813. The lowest BCUT2D eigenvalue weighted by Crippen LogP contribution is -2.40. The van der Waals surface area contributed by atoms with Crippen LogP contribution in [0.3, 0.4) is 0 Å². The van der Waals surface area contributed by atoms with Crippen molar-refractivity contribution in [3.05, 3.63) is 59.9 Å². The van der Waals surface area contributed by atoms with E-state index < -0.39 is 11.7 Å². The molecule has 1 aromatic carbocycles. The van der Waals surface area contributed by atoms with Gasteiger partial charge in [0.25, 0.3) is 0 Å². The molecular formula is C21H25F3N4OS. The number of halogens is 3. The van der Waals surface area contributed by atoms with Crippen LogP contribution in [0.15, 0.2) is 48.8 Å². The Balaban J connectivity index is 1.64. The van der Waals surface area contributed by atoms with Gasteiger partial charge in [-0.05, 0) is 54.5 Å². The average molecular weight is 439 g/mol. The fraction of sp³-hybridized carbons (Fsp3) is 0.429. The first-order valence-electron chi connectivity index (χ1n) is 9.84. The van der Waals surface area contributed by atoms with Crippen molar-refractivity contribution in [2.75, 3.05) is 44.7 Å². The van der Waals surface area contributed by atoms with Gasteiger partial charge in [-0.25, -0.2) is 0 Å². The second-order valence-electron chi connectivity index (χ2n) is 7.09. The van der Waals surface area contributed by atoms with Crippen molar-refractivity contribution in [3.63, 3.8) is 0 Å². The molecule has 1 aromatic heterocycles. The second-order valence-corrected chi connectivity index (χ2v) is 7.48. The Morgan fingerprint density at radius 2 is 1.90 bits per heavy atom. The Morgan fingerprint density at radius 1 is 1.17 bits per heavy atom. The summed E-state index contributed by atoms with van der Waals surface area (Å²) in [6, 6.07) is 8.89. The lowest BCUT2D eigenvalue weighted by Gasteiger charge is -2.29. The summed E-state index contributed by atoms with van der Waals surface area (Å²) in [5.74, 6) is 0. The van der Waals surface area contributed by atoms with E-state index in [1.54, 1.807) is 18.5 Å². The number of aromatic nitrogens is 1. The molecule has 0 radical (unpaired) electrons. The van der Waals surface area contributed by atoms with Gasteiger partial charge in [0, 0.05) is 50.8 Å². The van der Waals surface area contributed by atoms with Gasteiger partial charge in [-0.2, -0.15) is 13.2 Å². The lowest BCUT2D eigenvalue weighted by molar-refractivity contribution is -0.137. The number of morpholine rings is 1. The van der Waals surface area contributed by atoms with Gasteiger partial charge in [0.1, 0.15) is 0 Å². The third-order valence-electron chi connectivity index (χ3n) is 4.86. The van der Waals surface area contributed by atoms with E-state index in [0.717, 1.165) is 57.0 Å². The van der Waals surface area contributed by atoms with Crippen molar-refractivity contribution in [3.8, 4) is 0 Å². The summed E-state index contributed by atoms with van der Waals surface area (Å²) in [7, 11) is 0. The highest BCUT2D eigenvalue weighted by Crippen LogP contribution is 2.30. The molecule has 0 bridgehead atoms. The van der Waals surface area contributed by atoms with Crippen molar-refractivity contribution in [2.45, 2.75) is 19.1 Å². The van der Waals surface area contributed by atoms with Crippen LogP contribution < -0.4 is 5.32 Å². The number of alkyl halides is 3. The number of nitrogens with one attached hydrogen (secondary N) is 1. The summed E-state index contributed by atoms with van der Waals surface area (Å²) >= 11 is 5.55. The number of benzene rings is 1. The van der Waals surface area contributed by atoms with Gasteiger partial charge in [-0.3, -0.25) is 9.88 Å². The van der Waals surface area contributed by atoms with E-state index in [1.807, 2.05) is 17.0 Å². The van der Waals surface area contributed by atoms with Crippen molar-refractivity contribution in [2.24, 2.45) is 0 Å². The molecule has 5 nitrogen and oxygen atoms in total. The van der Waals surface area contributed by atoms with Crippen LogP contribution in [0, 0.1) is 0 Å². The quantitative estimate of drug-likeness (QED) is 0.659. The first kappa shape index (κ1) is 22.5. The maximum absolute atomic E-state index is 13.0. The van der Waals surface area contributed by atoms with E-state index in [2.05, 4.69) is 15.2 Å². The van der Waals surface area contributed by atoms with Gasteiger partial charge >= 0.3 is 6.18 Å². The number of pyridine rings is 1. The predicted molar refractivity (Wildman–Crippen MR) is 114 cm³/mol. The standard InChI is InChI=1S/C21H25F3N4OS/c22-21(23,24)18-3-1-4-19(15-18)26-20(30)28(16-17-5-7-25-8-6-17)10-2-9-27-11-13-29-14-12-27/h1,3-8,15H,2,9-14,16H2,(H,26,30). The molecule has 2 aromatic rings. The number of thiocarbonyl (C=S) groups is 1. The molecule has 30 heavy (non-hydrogen) atoms. The Hall–Kier alpha value is -2.23. The highest BCUT2D eigenvalue weighted by atomic mass is 32.1. The highest BCUT2D eigenvalue weighted by Gasteiger charge is 2.30. The topological polar surface area (TPSA) is 40.6 Å². The molecule has 2 heterocycles. The fourth-order valence-electron chi connectivity index (χ4n) is 3.25. The molecule has 1 aliphatic rings. The smallest absolute Gasteiger partial charge is 0.379 e. The minimum atomic E-state index is -4.39. The van der Waals surface area contributed by atoms with Gasteiger partial charge < -0.3 is 15.0 Å². The SMILES string of the molecule is FC(F)(F)c1cccc(NC(=S)N(CCCN2CCOCC2)Cc2ccncc2)c1. The van der Waals surface area contributed by atoms with E-state index in [9.17, 15) is 13.2 Å². The molecule has 1 saturated heterocycles. The van der Waals surface area contributed by atoms with Gasteiger partial charge in [0.2, 0.25) is 0 Å². The van der Waals surface area contributed by atoms with Crippen LogP contribution in [0.1, 0.15) is 17.5 Å². The summed E-state index contributed by atoms with van der Waals surface area (Å²) < 4.78 is 44.4. The first-order valence-corrected chi connectivity index (χ1v) is 10.2. The molecule has 3 rings (SSSR count). The Labute approximate surface area is 179 Å². The van der Waals surface area contributed by atoms with Crippen LogP contribution in [0.2, 0.25) is 0 Å². The van der Waals surface area contributed by atoms with Crippen LogP contribution in [-0.4, -0.2) is 59.3 Å². The van der Waals surface area contributed by atoms with Crippen molar-refractivity contribution < 1.29 is 17.9 Å². The van der Waals surface area contributed by atoms with Crippen molar-refractivity contribution in [1.29, 1.82) is 0 Å². The molecule has 0 aliphatic carbocycles. The van der Waals surface area contributed by atoms with Crippen LogP contribution in [0.25, 0.3) is 0 Å². The molecule has 0 unspecified atom stereocenters. The monoisotopic (exact) mass is 438 g/mol. The Morgan fingerprint density at radius 3 is 2.60 bits per heavy atom. The minimum absolute atomic E-state index is 0.322. The number of hydrogen-bond donors (Lipinski definition) is 1. The van der Waals surface area contributed by atoms with Gasteiger partial charge in [-0.1, -0.05) is 6.07 Å². The molecule has 0 atom stereocenters. The van der Waals surface area contributed by atoms with Crippen LogP contribution in [0.4, 0.5) is 18.9 Å². The number of nitrogens with zero attached hydrogens (tertiary/aromatic N) is 3. The third kappa shape index (κ3) is 6.93. The second kappa shape index (κ2) is 10.7. The molecule has 1 aliphatic heterocycles. The number of anilines is 1. The molecule has 0 spiro atoms. The fourth-order valence-corrected chi connectivity index (χ4v) is 3.52. The molecule has 162 valence electrons. The number of ether oxygens (including phenoxy) is 1. The third-order valence-corrected chi connectivity index (χ3v) is 5.22. The highest BCUT2D eigenvalue weighted by molar-refractivity contribution is 7.80. The normalized spacial score (nSPS) is 15.0. The molecular weight excluding hydrogens is 413 g/mol. The van der Waals surface area contributed by atoms with Crippen LogP contribution in [-0.2, 0) is 17.5 Å². The molecule has 1 N–H and O–H groups in total. The van der Waals surface area contributed by atoms with Gasteiger partial charge in [0.05, 0.1) is 18.8 Å². The largest absolute Gasteiger partial charge is 0.416 e. The molecule has 9 heteroatoms. The van der Waals surface area contributed by atoms with E-state index in [-0.39, 0.29) is 0 Å². The Kier molecular flexibility index (Phi) is 8.01. The average Bonchev–Trinajstić information content (AvgIpc) is 2.74. The van der Waals surface area contributed by atoms with Crippen molar-refractivity contribution in [1.82, 2.24) is 14.8 Å².